The monoisotopic (exact) mass is 513 g/mol. The second kappa shape index (κ2) is 8.71. The molecule has 176 valence electrons. The second-order valence-corrected chi connectivity index (χ2v) is 9.48. The fourth-order valence-corrected chi connectivity index (χ4v) is 5.25. The molecular weight excluding hydrogens is 498 g/mol. The van der Waals surface area contributed by atoms with Gasteiger partial charge in [0.2, 0.25) is 10.9 Å². The third-order valence-electron chi connectivity index (χ3n) is 5.77. The molecule has 0 unspecified atom stereocenters. The molecule has 0 saturated carbocycles. The van der Waals surface area contributed by atoms with Gasteiger partial charge in [-0.15, -0.1) is 5.10 Å². The third-order valence-corrected chi connectivity index (χ3v) is 7.05. The van der Waals surface area contributed by atoms with Crippen LogP contribution >= 0.6 is 22.9 Å². The lowest BCUT2D eigenvalue weighted by Gasteiger charge is -2.16. The van der Waals surface area contributed by atoms with Gasteiger partial charge in [-0.25, -0.2) is 0 Å². The van der Waals surface area contributed by atoms with Crippen LogP contribution in [0.5, 0.6) is 0 Å². The van der Waals surface area contributed by atoms with Crippen molar-refractivity contribution in [3.05, 3.63) is 104 Å². The number of para-hydroxylation sites is 1. The molecule has 5 aromatic rings. The van der Waals surface area contributed by atoms with Crippen LogP contribution in [0.4, 0.5) is 11.4 Å². The van der Waals surface area contributed by atoms with Gasteiger partial charge in [0.15, 0.2) is 5.82 Å². The van der Waals surface area contributed by atoms with Crippen molar-refractivity contribution in [2.24, 2.45) is 0 Å². The molecule has 36 heavy (non-hydrogen) atoms. The number of nitrogens with one attached hydrogen (secondary N) is 1. The number of fused-ring (bicyclic) bond motifs is 2. The zero-order valence-corrected chi connectivity index (χ0v) is 20.1. The van der Waals surface area contributed by atoms with Crippen LogP contribution in [0.3, 0.4) is 0 Å². The Morgan fingerprint density at radius 2 is 1.67 bits per heavy atom. The molecule has 0 spiro atoms. The lowest BCUT2D eigenvalue weighted by atomic mass is 10.1. The molecule has 3 aromatic carbocycles. The summed E-state index contributed by atoms with van der Waals surface area (Å²) in [6.07, 6.45) is 0. The first-order valence-corrected chi connectivity index (χ1v) is 12.1. The number of benzene rings is 3. The summed E-state index contributed by atoms with van der Waals surface area (Å²) < 4.78 is 1.46. The Bertz CT molecular complexity index is 1760. The third kappa shape index (κ3) is 3.74. The van der Waals surface area contributed by atoms with Gasteiger partial charge in [0.05, 0.1) is 11.3 Å². The predicted molar refractivity (Wildman–Crippen MR) is 139 cm³/mol. The zero-order valence-electron chi connectivity index (χ0n) is 18.5. The molecule has 1 aliphatic heterocycles. The standard InChI is InChI=1S/C26H16ClN5O3S/c27-16-10-12-17(13-11-16)28-20(33)14-31-19-9-5-4-8-18(19)21(24(31)34)22-25(35)32-26(36-22)29-23(30-32)15-6-2-1-3-7-15/h1-13H,14H2,(H,28,33)/b22-21-. The second-order valence-electron chi connectivity index (χ2n) is 8.07. The molecule has 0 saturated heterocycles. The first-order chi connectivity index (χ1) is 17.5. The van der Waals surface area contributed by atoms with E-state index in [4.69, 9.17) is 11.6 Å². The van der Waals surface area contributed by atoms with Crippen molar-refractivity contribution in [3.63, 3.8) is 0 Å². The summed E-state index contributed by atoms with van der Waals surface area (Å²) in [4.78, 5) is 45.9. The molecule has 2 amide bonds. The Balaban J connectivity index is 1.39. The van der Waals surface area contributed by atoms with E-state index in [0.29, 0.717) is 32.7 Å². The van der Waals surface area contributed by atoms with Gasteiger partial charge in [-0.05, 0) is 30.3 Å². The first-order valence-electron chi connectivity index (χ1n) is 11.0. The summed E-state index contributed by atoms with van der Waals surface area (Å²) in [5, 5.41) is 7.69. The molecule has 6 rings (SSSR count). The Labute approximate surface area is 213 Å². The lowest BCUT2D eigenvalue weighted by Crippen LogP contribution is -2.37. The maximum atomic E-state index is 13.5. The number of carbonyl (C=O) groups is 2. The summed E-state index contributed by atoms with van der Waals surface area (Å²) >= 11 is 7.01. The number of hydrogen-bond donors (Lipinski definition) is 1. The predicted octanol–water partition coefficient (Wildman–Crippen LogP) is 3.37. The quantitative estimate of drug-likeness (QED) is 0.397. The maximum Gasteiger partial charge on any atom is 0.291 e. The van der Waals surface area contributed by atoms with Crippen molar-refractivity contribution in [2.45, 2.75) is 0 Å². The van der Waals surface area contributed by atoms with E-state index in [9.17, 15) is 14.4 Å². The van der Waals surface area contributed by atoms with Crippen LogP contribution in [-0.4, -0.2) is 33.0 Å². The van der Waals surface area contributed by atoms with Crippen LogP contribution in [0.15, 0.2) is 83.7 Å². The van der Waals surface area contributed by atoms with Gasteiger partial charge >= 0.3 is 0 Å². The minimum atomic E-state index is -0.424. The average molecular weight is 514 g/mol. The fraction of sp³-hybridized carbons (Fsp3) is 0.0385. The molecule has 0 fully saturated rings. The van der Waals surface area contributed by atoms with Gasteiger partial charge < -0.3 is 5.32 Å². The van der Waals surface area contributed by atoms with Crippen LogP contribution in [0.25, 0.3) is 21.9 Å². The van der Waals surface area contributed by atoms with Gasteiger partial charge in [0, 0.05) is 21.8 Å². The topological polar surface area (TPSA) is 96.7 Å². The van der Waals surface area contributed by atoms with Gasteiger partial charge in [0.25, 0.3) is 11.5 Å². The van der Waals surface area contributed by atoms with Gasteiger partial charge in [-0.1, -0.05) is 71.5 Å². The number of anilines is 2. The van der Waals surface area contributed by atoms with Gasteiger partial charge in [0.1, 0.15) is 11.1 Å². The molecular formula is C26H16ClN5O3S. The zero-order chi connectivity index (χ0) is 24.8. The molecule has 1 aliphatic rings. The Morgan fingerprint density at radius 3 is 2.42 bits per heavy atom. The van der Waals surface area contributed by atoms with Crippen molar-refractivity contribution in [1.82, 2.24) is 14.6 Å². The minimum Gasteiger partial charge on any atom is -0.325 e. The number of halogens is 1. The highest BCUT2D eigenvalue weighted by Gasteiger charge is 2.35. The minimum absolute atomic E-state index is 0.213. The summed E-state index contributed by atoms with van der Waals surface area (Å²) in [5.74, 6) is -0.360. The number of rotatable bonds is 4. The summed E-state index contributed by atoms with van der Waals surface area (Å²) in [6, 6.07) is 23.1. The maximum absolute atomic E-state index is 13.5. The lowest BCUT2D eigenvalue weighted by molar-refractivity contribution is -0.118. The van der Waals surface area contributed by atoms with Crippen LogP contribution in [-0.2, 0) is 9.59 Å². The van der Waals surface area contributed by atoms with Gasteiger partial charge in [-0.3, -0.25) is 19.3 Å². The van der Waals surface area contributed by atoms with Crippen LogP contribution in [0.1, 0.15) is 5.56 Å². The first kappa shape index (κ1) is 22.1. The summed E-state index contributed by atoms with van der Waals surface area (Å²) in [7, 11) is 0. The van der Waals surface area contributed by atoms with E-state index in [2.05, 4.69) is 15.4 Å². The number of aromatic nitrogens is 3. The van der Waals surface area contributed by atoms with Crippen LogP contribution < -0.4 is 20.3 Å². The fourth-order valence-electron chi connectivity index (χ4n) is 4.13. The van der Waals surface area contributed by atoms with Crippen molar-refractivity contribution in [3.8, 4) is 11.4 Å². The van der Waals surface area contributed by atoms with Gasteiger partial charge in [-0.2, -0.15) is 9.50 Å². The van der Waals surface area contributed by atoms with E-state index in [1.165, 1.54) is 9.42 Å². The highest BCUT2D eigenvalue weighted by atomic mass is 35.5. The van der Waals surface area contributed by atoms with Crippen molar-refractivity contribution in [2.75, 3.05) is 16.8 Å². The molecule has 0 atom stereocenters. The van der Waals surface area contributed by atoms with E-state index in [0.717, 1.165) is 16.9 Å². The molecule has 0 radical (unpaired) electrons. The highest BCUT2D eigenvalue weighted by molar-refractivity contribution is 7.15. The Morgan fingerprint density at radius 1 is 0.944 bits per heavy atom. The Kier molecular flexibility index (Phi) is 5.36. The normalized spacial score (nSPS) is 14.4. The van der Waals surface area contributed by atoms with Crippen molar-refractivity contribution in [1.29, 1.82) is 0 Å². The van der Waals surface area contributed by atoms with Crippen LogP contribution in [0.2, 0.25) is 5.02 Å². The number of amides is 2. The van der Waals surface area contributed by atoms with Crippen molar-refractivity contribution < 1.29 is 9.59 Å². The van der Waals surface area contributed by atoms with E-state index in [-0.39, 0.29) is 22.6 Å². The molecule has 10 heteroatoms. The number of nitrogens with zero attached hydrogens (tertiary/aromatic N) is 4. The van der Waals surface area contributed by atoms with Crippen LogP contribution in [0, 0.1) is 0 Å². The molecule has 1 N–H and O–H groups in total. The molecule has 8 nitrogen and oxygen atoms in total. The van der Waals surface area contributed by atoms with E-state index < -0.39 is 11.5 Å². The molecule has 0 aliphatic carbocycles. The number of thiazole rings is 1. The molecule has 2 aromatic heterocycles. The SMILES string of the molecule is O=C(CN1C(=O)/C(=c2\sc3nc(-c4ccccc4)nn3c2=O)c2ccccc21)Nc1ccc(Cl)cc1. The average Bonchev–Trinajstić information content (AvgIpc) is 3.52. The largest absolute Gasteiger partial charge is 0.325 e. The molecule has 0 bridgehead atoms. The number of carbonyl (C=O) groups excluding carboxylic acids is 2. The van der Waals surface area contributed by atoms with E-state index in [1.807, 2.05) is 30.3 Å². The van der Waals surface area contributed by atoms with Crippen molar-refractivity contribution >= 4 is 56.7 Å². The van der Waals surface area contributed by atoms with E-state index in [1.54, 1.807) is 48.5 Å². The smallest absolute Gasteiger partial charge is 0.291 e. The van der Waals surface area contributed by atoms with E-state index >= 15 is 0 Å². The Hall–Kier alpha value is -4.34. The summed E-state index contributed by atoms with van der Waals surface area (Å²) in [6.45, 7) is -0.213. The number of hydrogen-bond acceptors (Lipinski definition) is 6. The highest BCUT2D eigenvalue weighted by Crippen LogP contribution is 2.35. The summed E-state index contributed by atoms with van der Waals surface area (Å²) in [5.41, 5.74) is 2.33. The molecule has 3 heterocycles.